The third kappa shape index (κ3) is 4.91. The molecule has 0 fully saturated rings. The molecule has 0 aliphatic rings. The van der Waals surface area contributed by atoms with Gasteiger partial charge in [0.05, 0.1) is 42.9 Å². The van der Waals surface area contributed by atoms with Crippen molar-refractivity contribution in [2.75, 3.05) is 13.7 Å². The minimum absolute atomic E-state index is 0.159. The summed E-state index contributed by atoms with van der Waals surface area (Å²) in [6, 6.07) is 17.5. The van der Waals surface area contributed by atoms with Gasteiger partial charge < -0.3 is 14.1 Å². The molecule has 170 valence electrons. The van der Waals surface area contributed by atoms with Gasteiger partial charge in [0, 0.05) is 17.1 Å². The number of furan rings is 1. The van der Waals surface area contributed by atoms with Crippen LogP contribution in [0.3, 0.4) is 0 Å². The lowest BCUT2D eigenvalue weighted by Gasteiger charge is -2.30. The van der Waals surface area contributed by atoms with Crippen molar-refractivity contribution in [3.8, 4) is 0 Å². The summed E-state index contributed by atoms with van der Waals surface area (Å²) < 4.78 is 13.2. The Morgan fingerprint density at radius 2 is 1.91 bits per heavy atom. The van der Waals surface area contributed by atoms with Crippen LogP contribution in [0.1, 0.15) is 34.9 Å². The van der Waals surface area contributed by atoms with Gasteiger partial charge >= 0.3 is 0 Å². The van der Waals surface area contributed by atoms with E-state index in [2.05, 4.69) is 15.9 Å². The summed E-state index contributed by atoms with van der Waals surface area (Å²) in [6.45, 7) is 2.78. The summed E-state index contributed by atoms with van der Waals surface area (Å²) in [6.07, 6.45) is 1.57. The van der Waals surface area contributed by atoms with Crippen LogP contribution < -0.4 is 5.56 Å². The second-order valence-corrected chi connectivity index (χ2v) is 8.55. The van der Waals surface area contributed by atoms with Crippen molar-refractivity contribution in [3.05, 3.63) is 98.9 Å². The summed E-state index contributed by atoms with van der Waals surface area (Å²) in [4.78, 5) is 33.4. The largest absolute Gasteiger partial charge is 0.467 e. The van der Waals surface area contributed by atoms with E-state index in [9.17, 15) is 9.59 Å². The van der Waals surface area contributed by atoms with Gasteiger partial charge in [-0.25, -0.2) is 4.98 Å². The first kappa shape index (κ1) is 22.9. The number of halogens is 1. The van der Waals surface area contributed by atoms with Crippen LogP contribution in [0.15, 0.2) is 80.6 Å². The SMILES string of the molecule is COCCn1c(C(C)N(Cc2ccco2)C(=O)c2ccc(Br)cc2)nc2ccccc2c1=O. The molecule has 0 N–H and O–H groups in total. The third-order valence-electron chi connectivity index (χ3n) is 5.51. The zero-order chi connectivity index (χ0) is 23.4. The smallest absolute Gasteiger partial charge is 0.261 e. The molecule has 8 heteroatoms. The topological polar surface area (TPSA) is 77.6 Å². The van der Waals surface area contributed by atoms with Crippen molar-refractivity contribution in [2.24, 2.45) is 0 Å². The molecule has 4 rings (SSSR count). The minimum Gasteiger partial charge on any atom is -0.467 e. The lowest BCUT2D eigenvalue weighted by atomic mass is 10.1. The van der Waals surface area contributed by atoms with E-state index in [1.165, 1.54) is 0 Å². The fraction of sp³-hybridized carbons (Fsp3) is 0.240. The Bertz CT molecular complexity index is 1300. The highest BCUT2D eigenvalue weighted by atomic mass is 79.9. The molecular formula is C25H24BrN3O4. The average molecular weight is 510 g/mol. The monoisotopic (exact) mass is 509 g/mol. The van der Waals surface area contributed by atoms with Gasteiger partial charge in [-0.15, -0.1) is 0 Å². The van der Waals surface area contributed by atoms with Gasteiger partial charge in [-0.2, -0.15) is 0 Å². The molecule has 0 aliphatic heterocycles. The number of benzene rings is 2. The van der Waals surface area contributed by atoms with Gasteiger partial charge in [0.15, 0.2) is 0 Å². The van der Waals surface area contributed by atoms with E-state index in [1.54, 1.807) is 53.2 Å². The summed E-state index contributed by atoms with van der Waals surface area (Å²) in [5, 5.41) is 0.529. The number of rotatable bonds is 8. The standard InChI is InChI=1S/C25H24BrN3O4/c1-17(23-27-22-8-4-3-7-21(22)25(31)28(23)13-15-32-2)29(16-20-6-5-14-33-20)24(30)18-9-11-19(26)12-10-18/h3-12,14,17H,13,15-16H2,1-2H3. The highest BCUT2D eigenvalue weighted by Gasteiger charge is 2.28. The molecule has 0 radical (unpaired) electrons. The molecule has 0 bridgehead atoms. The van der Waals surface area contributed by atoms with Crippen molar-refractivity contribution in [3.63, 3.8) is 0 Å². The van der Waals surface area contributed by atoms with Gasteiger partial charge in [0.1, 0.15) is 11.6 Å². The zero-order valence-electron chi connectivity index (χ0n) is 18.4. The number of amides is 1. The summed E-state index contributed by atoms with van der Waals surface area (Å²) in [5.74, 6) is 0.943. The second kappa shape index (κ2) is 10.1. The van der Waals surface area contributed by atoms with Gasteiger partial charge in [-0.3, -0.25) is 14.2 Å². The molecule has 7 nitrogen and oxygen atoms in total. The third-order valence-corrected chi connectivity index (χ3v) is 6.04. The minimum atomic E-state index is -0.514. The van der Waals surface area contributed by atoms with Crippen LogP contribution in [-0.4, -0.2) is 34.1 Å². The molecule has 1 atom stereocenters. The molecule has 1 unspecified atom stereocenters. The Hall–Kier alpha value is -3.23. The first-order valence-electron chi connectivity index (χ1n) is 10.6. The molecule has 33 heavy (non-hydrogen) atoms. The first-order valence-corrected chi connectivity index (χ1v) is 11.4. The fourth-order valence-corrected chi connectivity index (χ4v) is 4.02. The summed E-state index contributed by atoms with van der Waals surface area (Å²) >= 11 is 3.41. The Morgan fingerprint density at radius 1 is 1.15 bits per heavy atom. The van der Waals surface area contributed by atoms with Crippen LogP contribution in [0.25, 0.3) is 10.9 Å². The number of fused-ring (bicyclic) bond motifs is 1. The fourth-order valence-electron chi connectivity index (χ4n) is 3.76. The molecule has 0 spiro atoms. The number of methoxy groups -OCH3 is 1. The number of hydrogen-bond acceptors (Lipinski definition) is 5. The van der Waals surface area contributed by atoms with E-state index >= 15 is 0 Å². The van der Waals surface area contributed by atoms with E-state index in [0.29, 0.717) is 41.2 Å². The van der Waals surface area contributed by atoms with Gasteiger partial charge in [-0.05, 0) is 55.5 Å². The highest BCUT2D eigenvalue weighted by Crippen LogP contribution is 2.25. The maximum atomic E-state index is 13.6. The molecule has 0 aliphatic carbocycles. The van der Waals surface area contributed by atoms with E-state index in [-0.39, 0.29) is 18.0 Å². The van der Waals surface area contributed by atoms with Crippen LogP contribution in [0.2, 0.25) is 0 Å². The quantitative estimate of drug-likeness (QED) is 0.340. The number of ether oxygens (including phenoxy) is 1. The van der Waals surface area contributed by atoms with E-state index in [1.807, 2.05) is 37.3 Å². The van der Waals surface area contributed by atoms with E-state index < -0.39 is 6.04 Å². The summed E-state index contributed by atoms with van der Waals surface area (Å²) in [7, 11) is 1.59. The molecular weight excluding hydrogens is 486 g/mol. The average Bonchev–Trinajstić information content (AvgIpc) is 3.35. The van der Waals surface area contributed by atoms with Crippen LogP contribution in [0.4, 0.5) is 0 Å². The Kier molecular flexibility index (Phi) is 7.05. The second-order valence-electron chi connectivity index (χ2n) is 7.63. The van der Waals surface area contributed by atoms with Crippen LogP contribution in [0.5, 0.6) is 0 Å². The Morgan fingerprint density at radius 3 is 2.61 bits per heavy atom. The predicted octanol–water partition coefficient (Wildman–Crippen LogP) is 4.80. The number of carbonyl (C=O) groups excluding carboxylic acids is 1. The number of para-hydroxylation sites is 1. The number of hydrogen-bond donors (Lipinski definition) is 0. The molecule has 2 heterocycles. The number of nitrogens with zero attached hydrogens (tertiary/aromatic N) is 3. The molecule has 2 aromatic heterocycles. The number of aromatic nitrogens is 2. The summed E-state index contributed by atoms with van der Waals surface area (Å²) in [5.41, 5.74) is 0.962. The zero-order valence-corrected chi connectivity index (χ0v) is 20.0. The van der Waals surface area contributed by atoms with Gasteiger partial charge in [-0.1, -0.05) is 28.1 Å². The van der Waals surface area contributed by atoms with Crippen molar-refractivity contribution in [1.82, 2.24) is 14.5 Å². The van der Waals surface area contributed by atoms with Crippen LogP contribution in [-0.2, 0) is 17.8 Å². The Labute approximate surface area is 199 Å². The highest BCUT2D eigenvalue weighted by molar-refractivity contribution is 9.10. The molecule has 2 aromatic carbocycles. The van der Waals surface area contributed by atoms with Gasteiger partial charge in [0.25, 0.3) is 11.5 Å². The van der Waals surface area contributed by atoms with Crippen molar-refractivity contribution in [2.45, 2.75) is 26.1 Å². The van der Waals surface area contributed by atoms with Crippen LogP contribution in [0, 0.1) is 0 Å². The molecule has 0 saturated carbocycles. The van der Waals surface area contributed by atoms with E-state index in [0.717, 1.165) is 4.47 Å². The van der Waals surface area contributed by atoms with Gasteiger partial charge in [0.2, 0.25) is 0 Å². The lowest BCUT2D eigenvalue weighted by molar-refractivity contribution is 0.0644. The lowest BCUT2D eigenvalue weighted by Crippen LogP contribution is -2.38. The predicted molar refractivity (Wildman–Crippen MR) is 129 cm³/mol. The van der Waals surface area contributed by atoms with E-state index in [4.69, 9.17) is 14.1 Å². The maximum Gasteiger partial charge on any atom is 0.261 e. The normalized spacial score (nSPS) is 12.1. The van der Waals surface area contributed by atoms with Crippen molar-refractivity contribution in [1.29, 1.82) is 0 Å². The van der Waals surface area contributed by atoms with Crippen molar-refractivity contribution < 1.29 is 13.9 Å². The number of carbonyl (C=O) groups is 1. The molecule has 4 aromatic rings. The first-order chi connectivity index (χ1) is 16.0. The van der Waals surface area contributed by atoms with Crippen molar-refractivity contribution >= 4 is 32.7 Å². The maximum absolute atomic E-state index is 13.6. The molecule has 1 amide bonds. The molecule has 0 saturated heterocycles. The Balaban J connectivity index is 1.82. The van der Waals surface area contributed by atoms with Crippen LogP contribution >= 0.6 is 15.9 Å².